The van der Waals surface area contributed by atoms with Crippen molar-refractivity contribution in [3.63, 3.8) is 0 Å². The quantitative estimate of drug-likeness (QED) is 0.310. The molecule has 0 radical (unpaired) electrons. The molecule has 0 fully saturated rings. The molecular formula is C26H23ClN2O4S. The predicted octanol–water partition coefficient (Wildman–Crippen LogP) is 6.09. The van der Waals surface area contributed by atoms with Gasteiger partial charge in [-0.25, -0.2) is 8.42 Å². The van der Waals surface area contributed by atoms with Crippen LogP contribution in [0.5, 0.6) is 5.75 Å². The average molecular weight is 495 g/mol. The second-order valence-corrected chi connectivity index (χ2v) is 9.77. The molecule has 0 aliphatic carbocycles. The fraction of sp³-hybridized carbons (Fsp3) is 0.115. The van der Waals surface area contributed by atoms with Crippen LogP contribution in [0.25, 0.3) is 10.8 Å². The number of nitrogens with one attached hydrogen (secondary N) is 2. The lowest BCUT2D eigenvalue weighted by atomic mass is 10.1. The Bertz CT molecular complexity index is 1410. The van der Waals surface area contributed by atoms with Gasteiger partial charge >= 0.3 is 0 Å². The maximum absolute atomic E-state index is 12.8. The van der Waals surface area contributed by atoms with E-state index in [9.17, 15) is 13.2 Å². The summed E-state index contributed by atoms with van der Waals surface area (Å²) in [5, 5.41) is 5.42. The summed E-state index contributed by atoms with van der Waals surface area (Å²) >= 11 is 5.84. The standard InChI is InChI=1S/C26H23ClN2O4S/c1-2-25(33-23-14-7-18-5-3-4-6-19(18)17-23)26(30)28-21-12-15-24(16-13-21)34(31,32)29-22-10-8-20(27)9-11-22/h3-17,25,29H,2H2,1H3,(H,28,30). The van der Waals surface area contributed by atoms with Gasteiger partial charge in [0.15, 0.2) is 6.10 Å². The first kappa shape index (κ1) is 23.6. The maximum Gasteiger partial charge on any atom is 0.265 e. The first-order valence-corrected chi connectivity index (χ1v) is 12.5. The molecule has 1 amide bonds. The van der Waals surface area contributed by atoms with Crippen molar-refractivity contribution < 1.29 is 17.9 Å². The van der Waals surface area contributed by atoms with Crippen LogP contribution in [-0.4, -0.2) is 20.4 Å². The van der Waals surface area contributed by atoms with Gasteiger partial charge in [-0.1, -0.05) is 48.9 Å². The highest BCUT2D eigenvalue weighted by molar-refractivity contribution is 7.92. The monoisotopic (exact) mass is 494 g/mol. The van der Waals surface area contributed by atoms with Gasteiger partial charge in [0, 0.05) is 16.4 Å². The number of carbonyl (C=O) groups is 1. The van der Waals surface area contributed by atoms with E-state index in [1.807, 2.05) is 49.4 Å². The van der Waals surface area contributed by atoms with E-state index in [4.69, 9.17) is 16.3 Å². The van der Waals surface area contributed by atoms with Crippen molar-refractivity contribution in [1.82, 2.24) is 0 Å². The van der Waals surface area contributed by atoms with Crippen molar-refractivity contribution in [2.75, 3.05) is 10.0 Å². The molecule has 4 aromatic rings. The fourth-order valence-corrected chi connectivity index (χ4v) is 4.58. The molecule has 1 atom stereocenters. The summed E-state index contributed by atoms with van der Waals surface area (Å²) < 4.78 is 33.7. The van der Waals surface area contributed by atoms with Gasteiger partial charge in [-0.3, -0.25) is 9.52 Å². The highest BCUT2D eigenvalue weighted by Crippen LogP contribution is 2.23. The predicted molar refractivity (Wildman–Crippen MR) is 136 cm³/mol. The van der Waals surface area contributed by atoms with Gasteiger partial charge in [-0.2, -0.15) is 0 Å². The minimum Gasteiger partial charge on any atom is -0.481 e. The lowest BCUT2D eigenvalue weighted by Gasteiger charge is -2.18. The molecule has 0 aliphatic rings. The molecule has 0 spiro atoms. The molecule has 0 bridgehead atoms. The fourth-order valence-electron chi connectivity index (χ4n) is 3.40. The number of hydrogen-bond acceptors (Lipinski definition) is 4. The van der Waals surface area contributed by atoms with E-state index >= 15 is 0 Å². The molecule has 4 rings (SSSR count). The third-order valence-corrected chi connectivity index (χ3v) is 6.84. The van der Waals surface area contributed by atoms with Crippen molar-refractivity contribution in [1.29, 1.82) is 0 Å². The number of ether oxygens (including phenoxy) is 1. The van der Waals surface area contributed by atoms with Gasteiger partial charge in [0.1, 0.15) is 5.75 Å². The Labute approximate surface area is 203 Å². The van der Waals surface area contributed by atoms with Crippen molar-refractivity contribution in [3.05, 3.63) is 96.0 Å². The number of rotatable bonds is 8. The Morgan fingerprint density at radius 1 is 0.882 bits per heavy atom. The zero-order valence-electron chi connectivity index (χ0n) is 18.4. The third-order valence-electron chi connectivity index (χ3n) is 5.19. The van der Waals surface area contributed by atoms with Gasteiger partial charge < -0.3 is 10.1 Å². The Kier molecular flexibility index (Phi) is 7.05. The summed E-state index contributed by atoms with van der Waals surface area (Å²) in [5.41, 5.74) is 0.870. The summed E-state index contributed by atoms with van der Waals surface area (Å²) in [6, 6.07) is 25.9. The first-order chi connectivity index (χ1) is 16.3. The number of carbonyl (C=O) groups excluding carboxylic acids is 1. The zero-order chi connectivity index (χ0) is 24.1. The van der Waals surface area contributed by atoms with Crippen LogP contribution in [0.2, 0.25) is 5.02 Å². The zero-order valence-corrected chi connectivity index (χ0v) is 19.9. The Balaban J connectivity index is 1.41. The molecule has 0 aliphatic heterocycles. The Hall–Kier alpha value is -3.55. The molecular weight excluding hydrogens is 472 g/mol. The van der Waals surface area contributed by atoms with Crippen LogP contribution in [-0.2, 0) is 14.8 Å². The molecule has 8 heteroatoms. The number of fused-ring (bicyclic) bond motifs is 1. The van der Waals surface area contributed by atoms with Gasteiger partial charge in [-0.05, 0) is 77.9 Å². The summed E-state index contributed by atoms with van der Waals surface area (Å²) in [4.78, 5) is 12.9. The van der Waals surface area contributed by atoms with Crippen LogP contribution in [0, 0.1) is 0 Å². The van der Waals surface area contributed by atoms with E-state index in [0.29, 0.717) is 28.6 Å². The SMILES string of the molecule is CCC(Oc1ccc2ccccc2c1)C(=O)Nc1ccc(S(=O)(=O)Nc2ccc(Cl)cc2)cc1. The van der Waals surface area contributed by atoms with Crippen LogP contribution in [0.4, 0.5) is 11.4 Å². The molecule has 2 N–H and O–H groups in total. The second kappa shape index (κ2) is 10.2. The topological polar surface area (TPSA) is 84.5 Å². The highest BCUT2D eigenvalue weighted by Gasteiger charge is 2.20. The van der Waals surface area contributed by atoms with Crippen LogP contribution in [0.15, 0.2) is 95.9 Å². The molecule has 0 saturated carbocycles. The van der Waals surface area contributed by atoms with E-state index in [1.54, 1.807) is 24.3 Å². The highest BCUT2D eigenvalue weighted by atomic mass is 35.5. The van der Waals surface area contributed by atoms with Crippen LogP contribution < -0.4 is 14.8 Å². The van der Waals surface area contributed by atoms with Crippen molar-refractivity contribution in [3.8, 4) is 5.75 Å². The van der Waals surface area contributed by atoms with E-state index < -0.39 is 16.1 Å². The van der Waals surface area contributed by atoms with Gasteiger partial charge in [0.25, 0.3) is 15.9 Å². The summed E-state index contributed by atoms with van der Waals surface area (Å²) in [5.74, 6) is 0.293. The van der Waals surface area contributed by atoms with E-state index in [0.717, 1.165) is 10.8 Å². The second-order valence-electron chi connectivity index (χ2n) is 7.65. The van der Waals surface area contributed by atoms with E-state index in [-0.39, 0.29) is 10.8 Å². The van der Waals surface area contributed by atoms with E-state index in [2.05, 4.69) is 10.0 Å². The third kappa shape index (κ3) is 5.68. The summed E-state index contributed by atoms with van der Waals surface area (Å²) in [6.07, 6.45) is -0.230. The van der Waals surface area contributed by atoms with Crippen molar-refractivity contribution in [2.45, 2.75) is 24.3 Å². The van der Waals surface area contributed by atoms with Gasteiger partial charge in [-0.15, -0.1) is 0 Å². The number of anilines is 2. The minimum absolute atomic E-state index is 0.0694. The van der Waals surface area contributed by atoms with Crippen molar-refractivity contribution in [2.24, 2.45) is 0 Å². The Morgan fingerprint density at radius 2 is 1.53 bits per heavy atom. The number of hydrogen-bond donors (Lipinski definition) is 2. The van der Waals surface area contributed by atoms with Gasteiger partial charge in [0.2, 0.25) is 0 Å². The largest absolute Gasteiger partial charge is 0.481 e. The number of benzene rings is 4. The molecule has 0 heterocycles. The van der Waals surface area contributed by atoms with Crippen LogP contribution in [0.3, 0.4) is 0 Å². The molecule has 0 saturated heterocycles. The Morgan fingerprint density at radius 3 is 2.21 bits per heavy atom. The van der Waals surface area contributed by atoms with Crippen LogP contribution >= 0.6 is 11.6 Å². The smallest absolute Gasteiger partial charge is 0.265 e. The van der Waals surface area contributed by atoms with Crippen LogP contribution in [0.1, 0.15) is 13.3 Å². The lowest BCUT2D eigenvalue weighted by molar-refractivity contribution is -0.122. The number of halogens is 1. The van der Waals surface area contributed by atoms with Gasteiger partial charge in [0.05, 0.1) is 4.90 Å². The summed E-state index contributed by atoms with van der Waals surface area (Å²) in [7, 11) is -3.78. The lowest BCUT2D eigenvalue weighted by Crippen LogP contribution is -2.32. The minimum atomic E-state index is -3.78. The number of amides is 1. The molecule has 0 aromatic heterocycles. The normalized spacial score (nSPS) is 12.2. The molecule has 1 unspecified atom stereocenters. The van der Waals surface area contributed by atoms with Crippen molar-refractivity contribution >= 4 is 49.7 Å². The average Bonchev–Trinajstić information content (AvgIpc) is 2.84. The molecule has 174 valence electrons. The molecule has 4 aromatic carbocycles. The maximum atomic E-state index is 12.8. The summed E-state index contributed by atoms with van der Waals surface area (Å²) in [6.45, 7) is 1.86. The van der Waals surface area contributed by atoms with E-state index in [1.165, 1.54) is 24.3 Å². The first-order valence-electron chi connectivity index (χ1n) is 10.7. The number of sulfonamides is 1. The molecule has 6 nitrogen and oxygen atoms in total. The molecule has 34 heavy (non-hydrogen) atoms.